The van der Waals surface area contributed by atoms with Gasteiger partial charge in [0.1, 0.15) is 0 Å². The predicted octanol–water partition coefficient (Wildman–Crippen LogP) is -3.18. The molecule has 0 bridgehead atoms. The molecule has 0 rings (SSSR count). The average Bonchev–Trinajstić information content (AvgIpc) is 2.01. The molecule has 92 valence electrons. The van der Waals surface area contributed by atoms with Crippen LogP contribution in [0.3, 0.4) is 0 Å². The van der Waals surface area contributed by atoms with Crippen LogP contribution in [0.5, 0.6) is 0 Å². The first-order chi connectivity index (χ1) is 7.10. The first kappa shape index (κ1) is 21.6. The second-order valence-corrected chi connectivity index (χ2v) is 3.94. The molecule has 0 heterocycles. The van der Waals surface area contributed by atoms with Crippen LogP contribution in [0.1, 0.15) is 6.42 Å². The van der Waals surface area contributed by atoms with Gasteiger partial charge >= 0.3 is 41.5 Å². The van der Waals surface area contributed by atoms with Gasteiger partial charge in [-0.1, -0.05) is 12.7 Å². The van der Waals surface area contributed by atoms with E-state index in [-0.39, 0.29) is 35.1 Å². The van der Waals surface area contributed by atoms with Gasteiger partial charge in [0.25, 0.3) is 0 Å². The van der Waals surface area contributed by atoms with Crippen LogP contribution in [0.25, 0.3) is 0 Å². The molecule has 0 amide bonds. The van der Waals surface area contributed by atoms with Crippen molar-refractivity contribution in [3.63, 3.8) is 0 Å². The van der Waals surface area contributed by atoms with Crippen LogP contribution in [0, 0.1) is 0 Å². The van der Waals surface area contributed by atoms with E-state index in [1.54, 1.807) is 0 Å². The Kier molecular flexibility index (Phi) is 13.3. The predicted molar refractivity (Wildman–Crippen MR) is 53.8 cm³/mol. The van der Waals surface area contributed by atoms with E-state index in [9.17, 15) is 22.6 Å². The van der Waals surface area contributed by atoms with E-state index in [1.165, 1.54) is 0 Å². The Morgan fingerprint density at radius 3 is 1.76 bits per heavy atom. The zero-order chi connectivity index (χ0) is 13.4. The van der Waals surface area contributed by atoms with E-state index >= 15 is 0 Å². The van der Waals surface area contributed by atoms with Crippen molar-refractivity contribution in [3.05, 3.63) is 24.8 Å². The Labute approximate surface area is 121 Å². The maximum atomic E-state index is 9.87. The molecule has 0 aromatic rings. The van der Waals surface area contributed by atoms with E-state index in [4.69, 9.17) is 10.2 Å². The molecule has 0 atom stereocenters. The monoisotopic (exact) mass is 274 g/mol. The van der Waals surface area contributed by atoms with E-state index < -0.39 is 34.2 Å². The van der Waals surface area contributed by atoms with Crippen molar-refractivity contribution in [2.24, 2.45) is 0 Å². The van der Waals surface area contributed by atoms with Crippen molar-refractivity contribution in [2.45, 2.75) is 6.42 Å². The molecule has 0 spiro atoms. The minimum Gasteiger partial charge on any atom is -0.748 e. The third kappa shape index (κ3) is 21.2. The van der Waals surface area contributed by atoms with Gasteiger partial charge in [0.15, 0.2) is 0 Å². The maximum Gasteiger partial charge on any atom is 1.00 e. The molecular formula is C8H11NaO7S. The van der Waals surface area contributed by atoms with Crippen LogP contribution in [-0.4, -0.2) is 40.9 Å². The summed E-state index contributed by atoms with van der Waals surface area (Å²) >= 11 is 0. The van der Waals surface area contributed by atoms with Crippen LogP contribution in [0.15, 0.2) is 24.8 Å². The van der Waals surface area contributed by atoms with Gasteiger partial charge in [0.2, 0.25) is 0 Å². The molecule has 9 heteroatoms. The summed E-state index contributed by atoms with van der Waals surface area (Å²) in [5, 5.41) is 16.1. The Balaban J connectivity index is -0.000000224. The molecule has 0 saturated carbocycles. The van der Waals surface area contributed by atoms with Crippen LogP contribution in [0.2, 0.25) is 0 Å². The number of aliphatic carboxylic acids is 2. The summed E-state index contributed by atoms with van der Waals surface area (Å²) in [5.41, 5.74) is -0.303. The number of hydrogen-bond donors (Lipinski definition) is 2. The molecule has 2 N–H and O–H groups in total. The number of rotatable bonds is 5. The van der Waals surface area contributed by atoms with E-state index in [1.807, 2.05) is 0 Å². The average molecular weight is 274 g/mol. The van der Waals surface area contributed by atoms with Crippen LogP contribution >= 0.6 is 0 Å². The zero-order valence-electron chi connectivity index (χ0n) is 9.25. The van der Waals surface area contributed by atoms with Crippen molar-refractivity contribution in [3.8, 4) is 0 Å². The first-order valence-corrected chi connectivity index (χ1v) is 5.35. The SMILES string of the molecule is C=C(CC(=O)O)C(=O)O.C=CCS(=O)(=O)[O-].[Na+]. The topological polar surface area (TPSA) is 132 Å². The van der Waals surface area contributed by atoms with Gasteiger partial charge in [-0.3, -0.25) is 4.79 Å². The summed E-state index contributed by atoms with van der Waals surface area (Å²) < 4.78 is 28.8. The summed E-state index contributed by atoms with van der Waals surface area (Å²) in [6.07, 6.45) is 0.553. The third-order valence-corrected chi connectivity index (χ3v) is 1.63. The molecule has 0 aliphatic rings. The van der Waals surface area contributed by atoms with Crippen molar-refractivity contribution >= 4 is 22.1 Å². The Morgan fingerprint density at radius 2 is 1.71 bits per heavy atom. The third-order valence-electron chi connectivity index (χ3n) is 0.989. The second-order valence-electron chi connectivity index (χ2n) is 2.49. The molecule has 0 aliphatic carbocycles. The number of hydrogen-bond acceptors (Lipinski definition) is 5. The minimum atomic E-state index is -4.04. The van der Waals surface area contributed by atoms with Gasteiger partial charge in [-0.25, -0.2) is 13.2 Å². The summed E-state index contributed by atoms with van der Waals surface area (Å²) in [7, 11) is -4.04. The Bertz CT molecular complexity index is 385. The molecule has 0 fully saturated rings. The molecule has 0 aromatic heterocycles. The minimum absolute atomic E-state index is 0. The molecule has 0 unspecified atom stereocenters. The number of carboxylic acid groups (broad SMARTS) is 2. The smallest absolute Gasteiger partial charge is 0.748 e. The number of carboxylic acids is 2. The molecule has 0 aliphatic heterocycles. The van der Waals surface area contributed by atoms with Crippen molar-refractivity contribution < 1.29 is 62.3 Å². The normalized spacial score (nSPS) is 9.00. The quantitative estimate of drug-likeness (QED) is 0.234. The Morgan fingerprint density at radius 1 is 1.29 bits per heavy atom. The van der Waals surface area contributed by atoms with Gasteiger partial charge in [-0.2, -0.15) is 0 Å². The molecule has 0 radical (unpaired) electrons. The second kappa shape index (κ2) is 10.5. The number of carbonyl (C=O) groups is 2. The first-order valence-electron chi connectivity index (χ1n) is 3.77. The van der Waals surface area contributed by atoms with Crippen LogP contribution in [-0.2, 0) is 19.7 Å². The summed E-state index contributed by atoms with van der Waals surface area (Å²) in [6.45, 7) is 6.08. The summed E-state index contributed by atoms with van der Waals surface area (Å²) in [5.74, 6) is -2.92. The van der Waals surface area contributed by atoms with E-state index in [0.29, 0.717) is 0 Å². The fourth-order valence-electron chi connectivity index (χ4n) is 0.402. The summed E-state index contributed by atoms with van der Waals surface area (Å²) in [4.78, 5) is 19.7. The van der Waals surface area contributed by atoms with Gasteiger partial charge < -0.3 is 14.8 Å². The van der Waals surface area contributed by atoms with Crippen molar-refractivity contribution in [1.82, 2.24) is 0 Å². The van der Waals surface area contributed by atoms with Gasteiger partial charge in [-0.05, 0) is 0 Å². The fraction of sp³-hybridized carbons (Fsp3) is 0.250. The largest absolute Gasteiger partial charge is 1.00 e. The van der Waals surface area contributed by atoms with Gasteiger partial charge in [0.05, 0.1) is 22.3 Å². The van der Waals surface area contributed by atoms with Crippen molar-refractivity contribution in [2.75, 3.05) is 5.75 Å². The molecule has 17 heavy (non-hydrogen) atoms. The van der Waals surface area contributed by atoms with E-state index in [0.717, 1.165) is 6.08 Å². The molecule has 0 saturated heterocycles. The summed E-state index contributed by atoms with van der Waals surface area (Å²) in [6, 6.07) is 0. The molecular weight excluding hydrogens is 263 g/mol. The van der Waals surface area contributed by atoms with E-state index in [2.05, 4.69) is 13.2 Å². The van der Waals surface area contributed by atoms with Gasteiger partial charge in [0, 0.05) is 5.57 Å². The van der Waals surface area contributed by atoms with Crippen LogP contribution in [0.4, 0.5) is 0 Å². The van der Waals surface area contributed by atoms with Crippen molar-refractivity contribution in [1.29, 1.82) is 0 Å². The standard InChI is InChI=1S/C5H6O4.C3H6O3S.Na/c1-3(5(8)9)2-4(6)7;1-2-3-7(4,5)6;/h1-2H2,(H,6,7)(H,8,9);2H,1,3H2,(H,4,5,6);/q;;+1/p-1. The van der Waals surface area contributed by atoms with Gasteiger partial charge in [-0.15, -0.1) is 6.58 Å². The molecule has 0 aromatic carbocycles. The zero-order valence-corrected chi connectivity index (χ0v) is 12.1. The van der Waals surface area contributed by atoms with Crippen LogP contribution < -0.4 is 29.6 Å². The Hall–Kier alpha value is -0.670. The molecule has 7 nitrogen and oxygen atoms in total. The maximum absolute atomic E-state index is 9.87. The fourth-order valence-corrected chi connectivity index (χ4v) is 0.691.